The summed E-state index contributed by atoms with van der Waals surface area (Å²) in [6.45, 7) is -0.972. The number of nitrogens with two attached hydrogens (primary N) is 1. The molecule has 0 heterocycles. The van der Waals surface area contributed by atoms with Crippen LogP contribution in [-0.4, -0.2) is 11.6 Å². The van der Waals surface area contributed by atoms with E-state index in [9.17, 15) is 8.78 Å². The van der Waals surface area contributed by atoms with Crippen molar-refractivity contribution in [2.75, 3.05) is 5.32 Å². The van der Waals surface area contributed by atoms with Gasteiger partial charge >= 0.3 is 6.61 Å². The van der Waals surface area contributed by atoms with E-state index in [0.717, 1.165) is 5.56 Å². The molecule has 0 aliphatic carbocycles. The van der Waals surface area contributed by atoms with E-state index in [1.165, 1.54) is 6.07 Å². The number of aryl methyl sites for hydroxylation is 1. The highest BCUT2D eigenvalue weighted by Gasteiger charge is 2.11. The van der Waals surface area contributed by atoms with Crippen molar-refractivity contribution in [2.45, 2.75) is 13.5 Å². The summed E-state index contributed by atoms with van der Waals surface area (Å²) >= 11 is 5.01. The lowest BCUT2D eigenvalue weighted by molar-refractivity contribution is -0.0493. The highest BCUT2D eigenvalue weighted by atomic mass is 32.1. The summed E-state index contributed by atoms with van der Waals surface area (Å²) < 4.78 is 29.3. The van der Waals surface area contributed by atoms with E-state index in [-0.39, 0.29) is 10.7 Å². The monoisotopic (exact) mass is 308 g/mol. The number of alkyl halides is 2. The van der Waals surface area contributed by atoms with Crippen LogP contribution in [0.5, 0.6) is 5.75 Å². The average Bonchev–Trinajstić information content (AvgIpc) is 2.42. The smallest absolute Gasteiger partial charge is 0.387 e. The van der Waals surface area contributed by atoms with Gasteiger partial charge < -0.3 is 15.8 Å². The third kappa shape index (κ3) is 3.88. The highest BCUT2D eigenvalue weighted by Crippen LogP contribution is 2.30. The van der Waals surface area contributed by atoms with Crippen LogP contribution in [0.1, 0.15) is 11.1 Å². The molecule has 3 N–H and O–H groups in total. The van der Waals surface area contributed by atoms with Crippen LogP contribution < -0.4 is 15.8 Å². The maximum Gasteiger partial charge on any atom is 0.387 e. The summed E-state index contributed by atoms with van der Waals surface area (Å²) in [5.74, 6) is 0.0574. The van der Waals surface area contributed by atoms with Gasteiger partial charge in [0.25, 0.3) is 0 Å². The van der Waals surface area contributed by atoms with Gasteiger partial charge in [0.05, 0.1) is 5.69 Å². The molecule has 2 aromatic carbocycles. The first-order chi connectivity index (χ1) is 9.97. The predicted octanol–water partition coefficient (Wildman–Crippen LogP) is 3.97. The van der Waals surface area contributed by atoms with Gasteiger partial charge in [-0.2, -0.15) is 8.78 Å². The van der Waals surface area contributed by atoms with E-state index >= 15 is 0 Å². The molecule has 0 radical (unpaired) electrons. The molecule has 0 amide bonds. The van der Waals surface area contributed by atoms with Crippen molar-refractivity contribution in [1.29, 1.82) is 0 Å². The Morgan fingerprint density at radius 1 is 1.19 bits per heavy atom. The fourth-order valence-electron chi connectivity index (χ4n) is 1.88. The van der Waals surface area contributed by atoms with Gasteiger partial charge in [-0.1, -0.05) is 36.0 Å². The molecule has 0 spiro atoms. The van der Waals surface area contributed by atoms with Crippen molar-refractivity contribution in [3.05, 3.63) is 53.6 Å². The lowest BCUT2D eigenvalue weighted by Gasteiger charge is -2.15. The quantitative estimate of drug-likeness (QED) is 0.820. The van der Waals surface area contributed by atoms with Crippen molar-refractivity contribution in [3.8, 4) is 5.75 Å². The summed E-state index contributed by atoms with van der Waals surface area (Å²) in [6, 6.07) is 11.9. The van der Waals surface area contributed by atoms with Gasteiger partial charge in [0, 0.05) is 11.3 Å². The second kappa shape index (κ2) is 6.49. The molecule has 0 fully saturated rings. The van der Waals surface area contributed by atoms with Crippen LogP contribution in [0.4, 0.5) is 20.2 Å². The molecule has 0 bridgehead atoms. The van der Waals surface area contributed by atoms with E-state index in [1.807, 2.05) is 19.1 Å². The molecule has 2 aromatic rings. The van der Waals surface area contributed by atoms with Gasteiger partial charge in [0.1, 0.15) is 10.7 Å². The summed E-state index contributed by atoms with van der Waals surface area (Å²) in [5.41, 5.74) is 8.40. The van der Waals surface area contributed by atoms with E-state index < -0.39 is 6.61 Å². The summed E-state index contributed by atoms with van der Waals surface area (Å²) in [7, 11) is 0. The Morgan fingerprint density at radius 3 is 2.57 bits per heavy atom. The standard InChI is InChI=1S/C15H14F2N2OS/c1-9-6-7-11(10(8-9)14(18)21)19-12-4-2-3-5-13(12)20-15(16)17/h2-8,15,19H,1H3,(H2,18,21). The zero-order chi connectivity index (χ0) is 15.4. The SMILES string of the molecule is Cc1ccc(Nc2ccccc2OC(F)F)c(C(N)=S)c1. The van der Waals surface area contributed by atoms with Crippen LogP contribution in [0.25, 0.3) is 0 Å². The van der Waals surface area contributed by atoms with Gasteiger partial charge in [-0.25, -0.2) is 0 Å². The van der Waals surface area contributed by atoms with Crippen molar-refractivity contribution in [1.82, 2.24) is 0 Å². The number of ether oxygens (including phenoxy) is 1. The molecular weight excluding hydrogens is 294 g/mol. The van der Waals surface area contributed by atoms with Gasteiger partial charge in [-0.05, 0) is 31.2 Å². The van der Waals surface area contributed by atoms with E-state index in [4.69, 9.17) is 18.0 Å². The summed E-state index contributed by atoms with van der Waals surface area (Å²) in [6.07, 6.45) is 0. The van der Waals surface area contributed by atoms with Crippen LogP contribution >= 0.6 is 12.2 Å². The molecule has 2 rings (SSSR count). The first kappa shape index (κ1) is 15.2. The molecule has 0 unspecified atom stereocenters. The molecule has 0 atom stereocenters. The molecule has 3 nitrogen and oxygen atoms in total. The van der Waals surface area contributed by atoms with Crippen molar-refractivity contribution >= 4 is 28.6 Å². The van der Waals surface area contributed by atoms with Gasteiger partial charge in [-0.3, -0.25) is 0 Å². The number of rotatable bonds is 5. The van der Waals surface area contributed by atoms with Gasteiger partial charge in [0.2, 0.25) is 0 Å². The Hall–Kier alpha value is -2.21. The van der Waals surface area contributed by atoms with E-state index in [0.29, 0.717) is 16.9 Å². The fraction of sp³-hybridized carbons (Fsp3) is 0.133. The number of anilines is 2. The minimum atomic E-state index is -2.89. The van der Waals surface area contributed by atoms with Crippen LogP contribution in [0, 0.1) is 6.92 Å². The molecule has 0 aliphatic rings. The second-order valence-corrected chi connectivity index (χ2v) is 4.85. The fourth-order valence-corrected chi connectivity index (χ4v) is 2.05. The minimum absolute atomic E-state index is 0.0574. The Morgan fingerprint density at radius 2 is 1.90 bits per heavy atom. The number of benzene rings is 2. The summed E-state index contributed by atoms with van der Waals surface area (Å²) in [5, 5.41) is 3.03. The summed E-state index contributed by atoms with van der Waals surface area (Å²) in [4.78, 5) is 0.230. The molecule has 110 valence electrons. The zero-order valence-corrected chi connectivity index (χ0v) is 12.1. The largest absolute Gasteiger partial charge is 0.433 e. The highest BCUT2D eigenvalue weighted by molar-refractivity contribution is 7.80. The normalized spacial score (nSPS) is 10.5. The third-order valence-corrected chi connectivity index (χ3v) is 3.03. The van der Waals surface area contributed by atoms with Gasteiger partial charge in [-0.15, -0.1) is 0 Å². The Labute approximate surface area is 126 Å². The number of para-hydroxylation sites is 2. The van der Waals surface area contributed by atoms with Crippen LogP contribution in [0.3, 0.4) is 0 Å². The number of thiocarbonyl (C=S) groups is 1. The van der Waals surface area contributed by atoms with Crippen LogP contribution in [0.2, 0.25) is 0 Å². The Balaban J connectivity index is 2.37. The lowest BCUT2D eigenvalue weighted by Crippen LogP contribution is -2.12. The topological polar surface area (TPSA) is 47.3 Å². The zero-order valence-electron chi connectivity index (χ0n) is 11.3. The maximum atomic E-state index is 12.4. The van der Waals surface area contributed by atoms with Crippen molar-refractivity contribution in [3.63, 3.8) is 0 Å². The van der Waals surface area contributed by atoms with Crippen molar-refractivity contribution in [2.24, 2.45) is 5.73 Å². The number of hydrogen-bond donors (Lipinski definition) is 2. The molecule has 0 aliphatic heterocycles. The molecular formula is C15H14F2N2OS. The lowest BCUT2D eigenvalue weighted by atomic mass is 10.1. The molecule has 0 saturated carbocycles. The molecule has 6 heteroatoms. The number of nitrogens with one attached hydrogen (secondary N) is 1. The minimum Gasteiger partial charge on any atom is -0.433 e. The van der Waals surface area contributed by atoms with Gasteiger partial charge in [0.15, 0.2) is 0 Å². The Kier molecular flexibility index (Phi) is 4.70. The molecule has 0 saturated heterocycles. The second-order valence-electron chi connectivity index (χ2n) is 4.41. The van der Waals surface area contributed by atoms with Crippen molar-refractivity contribution < 1.29 is 13.5 Å². The first-order valence-electron chi connectivity index (χ1n) is 6.18. The predicted molar refractivity (Wildman–Crippen MR) is 83.4 cm³/mol. The Bertz CT molecular complexity index is 662. The number of hydrogen-bond acceptors (Lipinski definition) is 3. The maximum absolute atomic E-state index is 12.4. The number of halogens is 2. The van der Waals surface area contributed by atoms with E-state index in [1.54, 1.807) is 24.3 Å². The van der Waals surface area contributed by atoms with E-state index in [2.05, 4.69) is 10.1 Å². The molecule has 0 aromatic heterocycles. The third-order valence-electron chi connectivity index (χ3n) is 2.81. The average molecular weight is 308 g/mol. The van der Waals surface area contributed by atoms with Crippen LogP contribution in [0.15, 0.2) is 42.5 Å². The molecule has 21 heavy (non-hydrogen) atoms. The first-order valence-corrected chi connectivity index (χ1v) is 6.59. The van der Waals surface area contributed by atoms with Crippen LogP contribution in [-0.2, 0) is 0 Å².